The summed E-state index contributed by atoms with van der Waals surface area (Å²) < 4.78 is 29.6. The van der Waals surface area contributed by atoms with Gasteiger partial charge in [-0.15, -0.1) is 0 Å². The summed E-state index contributed by atoms with van der Waals surface area (Å²) in [5.41, 5.74) is 1.22. The van der Waals surface area contributed by atoms with Crippen LogP contribution in [0.5, 0.6) is 17.2 Å². The van der Waals surface area contributed by atoms with Crippen molar-refractivity contribution >= 4 is 0 Å². The second kappa shape index (κ2) is 6.95. The van der Waals surface area contributed by atoms with Crippen LogP contribution >= 0.6 is 0 Å². The zero-order chi connectivity index (χ0) is 15.2. The number of rotatable bonds is 6. The van der Waals surface area contributed by atoms with Gasteiger partial charge in [0.25, 0.3) is 0 Å². The Labute approximate surface area is 122 Å². The minimum absolute atomic E-state index is 0.0646. The number of para-hydroxylation sites is 1. The van der Waals surface area contributed by atoms with Crippen LogP contribution in [0, 0.1) is 5.82 Å². The van der Waals surface area contributed by atoms with Crippen molar-refractivity contribution < 1.29 is 23.7 Å². The number of hydrogen-bond donors (Lipinski definition) is 1. The normalized spacial score (nSPS) is 10.3. The zero-order valence-corrected chi connectivity index (χ0v) is 11.9. The first kappa shape index (κ1) is 15.1. The summed E-state index contributed by atoms with van der Waals surface area (Å²) in [6.07, 6.45) is 0. The molecule has 0 heterocycles. The topological polar surface area (TPSA) is 47.9 Å². The number of benzene rings is 2. The summed E-state index contributed by atoms with van der Waals surface area (Å²) >= 11 is 0. The van der Waals surface area contributed by atoms with Crippen LogP contribution in [0.1, 0.15) is 11.1 Å². The van der Waals surface area contributed by atoms with E-state index in [2.05, 4.69) is 0 Å². The molecular formula is C16H17FO4. The number of halogens is 1. The van der Waals surface area contributed by atoms with Crippen molar-refractivity contribution in [3.8, 4) is 17.2 Å². The fourth-order valence-corrected chi connectivity index (χ4v) is 1.97. The van der Waals surface area contributed by atoms with E-state index in [-0.39, 0.29) is 19.0 Å². The maximum absolute atomic E-state index is 13.7. The molecule has 0 saturated heterocycles. The van der Waals surface area contributed by atoms with Gasteiger partial charge in [0.15, 0.2) is 23.1 Å². The van der Waals surface area contributed by atoms with E-state index in [0.717, 1.165) is 5.56 Å². The minimum atomic E-state index is -0.498. The molecule has 1 N–H and O–H groups in total. The number of aliphatic hydroxyl groups excluding tert-OH is 1. The molecule has 0 bridgehead atoms. The minimum Gasteiger partial charge on any atom is -0.493 e. The zero-order valence-electron chi connectivity index (χ0n) is 11.9. The van der Waals surface area contributed by atoms with Crippen molar-refractivity contribution in [3.05, 3.63) is 53.3 Å². The Morgan fingerprint density at radius 1 is 1.05 bits per heavy atom. The first-order chi connectivity index (χ1) is 10.2. The van der Waals surface area contributed by atoms with Crippen LogP contribution in [0.3, 0.4) is 0 Å². The number of aliphatic hydroxyl groups is 1. The van der Waals surface area contributed by atoms with Gasteiger partial charge in [0.1, 0.15) is 6.61 Å². The van der Waals surface area contributed by atoms with Gasteiger partial charge in [-0.3, -0.25) is 0 Å². The molecule has 0 atom stereocenters. The lowest BCUT2D eigenvalue weighted by molar-refractivity contribution is 0.251. The maximum atomic E-state index is 13.7. The van der Waals surface area contributed by atoms with Crippen LogP contribution in [-0.2, 0) is 13.2 Å². The molecule has 0 aliphatic carbocycles. The van der Waals surface area contributed by atoms with E-state index in [1.54, 1.807) is 38.5 Å². The summed E-state index contributed by atoms with van der Waals surface area (Å²) in [5.74, 6) is 0.759. The highest BCUT2D eigenvalue weighted by Gasteiger charge is 2.10. The predicted molar refractivity (Wildman–Crippen MR) is 76.2 cm³/mol. The Bertz CT molecular complexity index is 613. The van der Waals surface area contributed by atoms with Gasteiger partial charge in [-0.1, -0.05) is 18.2 Å². The highest BCUT2D eigenvalue weighted by molar-refractivity contribution is 5.43. The SMILES string of the molecule is COc1ccc(COc2c(F)cccc2CO)cc1OC. The van der Waals surface area contributed by atoms with Gasteiger partial charge in [-0.2, -0.15) is 0 Å². The molecule has 2 aromatic rings. The smallest absolute Gasteiger partial charge is 0.165 e. The van der Waals surface area contributed by atoms with Gasteiger partial charge < -0.3 is 19.3 Å². The highest BCUT2D eigenvalue weighted by atomic mass is 19.1. The Morgan fingerprint density at radius 2 is 1.81 bits per heavy atom. The molecule has 0 aromatic heterocycles. The molecule has 2 aromatic carbocycles. The first-order valence-electron chi connectivity index (χ1n) is 6.41. The standard InChI is InChI=1S/C16H17FO4/c1-19-14-7-6-11(8-15(14)20-2)10-21-16-12(9-18)4-3-5-13(16)17/h3-8,18H,9-10H2,1-2H3. The average Bonchev–Trinajstić information content (AvgIpc) is 2.53. The second-order valence-electron chi connectivity index (χ2n) is 4.36. The summed E-state index contributed by atoms with van der Waals surface area (Å²) in [6, 6.07) is 9.77. The molecule has 0 aliphatic rings. The molecule has 0 aliphatic heterocycles. The van der Waals surface area contributed by atoms with Crippen molar-refractivity contribution in [2.24, 2.45) is 0 Å². The Morgan fingerprint density at radius 3 is 2.48 bits per heavy atom. The summed E-state index contributed by atoms with van der Waals surface area (Å²) in [4.78, 5) is 0. The Balaban J connectivity index is 2.17. The average molecular weight is 292 g/mol. The molecule has 0 fully saturated rings. The van der Waals surface area contributed by atoms with Gasteiger partial charge in [-0.25, -0.2) is 4.39 Å². The molecule has 5 heteroatoms. The van der Waals surface area contributed by atoms with Crippen molar-refractivity contribution in [2.45, 2.75) is 13.2 Å². The third kappa shape index (κ3) is 3.44. The van der Waals surface area contributed by atoms with Crippen LogP contribution in [0.4, 0.5) is 4.39 Å². The number of hydrogen-bond acceptors (Lipinski definition) is 4. The fourth-order valence-electron chi connectivity index (χ4n) is 1.97. The van der Waals surface area contributed by atoms with Crippen LogP contribution < -0.4 is 14.2 Å². The van der Waals surface area contributed by atoms with Crippen LogP contribution in [0.2, 0.25) is 0 Å². The third-order valence-corrected chi connectivity index (χ3v) is 3.05. The van der Waals surface area contributed by atoms with Crippen molar-refractivity contribution in [1.82, 2.24) is 0 Å². The second-order valence-corrected chi connectivity index (χ2v) is 4.36. The Kier molecular flexibility index (Phi) is 5.00. The monoisotopic (exact) mass is 292 g/mol. The van der Waals surface area contributed by atoms with E-state index in [9.17, 15) is 9.50 Å². The fraction of sp³-hybridized carbons (Fsp3) is 0.250. The molecule has 0 spiro atoms. The van der Waals surface area contributed by atoms with E-state index >= 15 is 0 Å². The maximum Gasteiger partial charge on any atom is 0.165 e. The summed E-state index contributed by atoms with van der Waals surface area (Å²) in [7, 11) is 3.10. The molecule has 0 radical (unpaired) electrons. The largest absolute Gasteiger partial charge is 0.493 e. The molecule has 4 nitrogen and oxygen atoms in total. The van der Waals surface area contributed by atoms with E-state index in [0.29, 0.717) is 17.1 Å². The first-order valence-corrected chi connectivity index (χ1v) is 6.41. The highest BCUT2D eigenvalue weighted by Crippen LogP contribution is 2.29. The summed E-state index contributed by atoms with van der Waals surface area (Å²) in [6.45, 7) is -0.118. The lowest BCUT2D eigenvalue weighted by Crippen LogP contribution is -2.02. The lowest BCUT2D eigenvalue weighted by Gasteiger charge is -2.13. The molecular weight excluding hydrogens is 275 g/mol. The molecule has 112 valence electrons. The van der Waals surface area contributed by atoms with E-state index in [4.69, 9.17) is 14.2 Å². The van der Waals surface area contributed by atoms with E-state index in [1.807, 2.05) is 0 Å². The molecule has 0 unspecified atom stereocenters. The number of ether oxygens (including phenoxy) is 3. The van der Waals surface area contributed by atoms with Gasteiger partial charge in [0.05, 0.1) is 20.8 Å². The van der Waals surface area contributed by atoms with Crippen molar-refractivity contribution in [1.29, 1.82) is 0 Å². The quantitative estimate of drug-likeness (QED) is 0.889. The van der Waals surface area contributed by atoms with Gasteiger partial charge >= 0.3 is 0 Å². The van der Waals surface area contributed by atoms with Crippen LogP contribution in [0.25, 0.3) is 0 Å². The molecule has 0 saturated carbocycles. The number of methoxy groups -OCH3 is 2. The lowest BCUT2D eigenvalue weighted by atomic mass is 10.2. The molecule has 2 rings (SSSR count). The molecule has 21 heavy (non-hydrogen) atoms. The third-order valence-electron chi connectivity index (χ3n) is 3.05. The molecule has 0 amide bonds. The van der Waals surface area contributed by atoms with Gasteiger partial charge in [-0.05, 0) is 23.8 Å². The van der Waals surface area contributed by atoms with Gasteiger partial charge in [0, 0.05) is 5.56 Å². The predicted octanol–water partition coefficient (Wildman–Crippen LogP) is 2.91. The van der Waals surface area contributed by atoms with Crippen LogP contribution in [0.15, 0.2) is 36.4 Å². The van der Waals surface area contributed by atoms with Crippen molar-refractivity contribution in [2.75, 3.05) is 14.2 Å². The van der Waals surface area contributed by atoms with Gasteiger partial charge in [0.2, 0.25) is 0 Å². The summed E-state index contributed by atoms with van der Waals surface area (Å²) in [5, 5.41) is 9.21. The Hall–Kier alpha value is -2.27. The van der Waals surface area contributed by atoms with Crippen molar-refractivity contribution in [3.63, 3.8) is 0 Å². The van der Waals surface area contributed by atoms with Crippen LogP contribution in [-0.4, -0.2) is 19.3 Å². The van der Waals surface area contributed by atoms with E-state index in [1.165, 1.54) is 12.1 Å². The van der Waals surface area contributed by atoms with E-state index < -0.39 is 5.82 Å².